The molecule has 6 nitrogen and oxygen atoms in total. The standard InChI is InChI=1S/C12H11NO5/c1-17-10-5-2-7(6-13-10)11(14)8-3-4-9(18-8)12(15)16/h2-6,11,14H,1H3,(H,15,16). The van der Waals surface area contributed by atoms with Gasteiger partial charge in [-0.25, -0.2) is 9.78 Å². The molecule has 0 bridgehead atoms. The lowest BCUT2D eigenvalue weighted by atomic mass is 10.1. The third-order valence-electron chi connectivity index (χ3n) is 2.39. The molecule has 0 aliphatic rings. The number of pyridine rings is 1. The molecule has 2 N–H and O–H groups in total. The number of carbonyl (C=O) groups is 1. The van der Waals surface area contributed by atoms with Gasteiger partial charge in [0.2, 0.25) is 11.6 Å². The predicted molar refractivity (Wildman–Crippen MR) is 60.5 cm³/mol. The summed E-state index contributed by atoms with van der Waals surface area (Å²) in [7, 11) is 1.49. The van der Waals surface area contributed by atoms with Gasteiger partial charge in [0.15, 0.2) is 0 Å². The van der Waals surface area contributed by atoms with E-state index in [0.29, 0.717) is 11.4 Å². The molecule has 0 amide bonds. The number of aromatic carboxylic acids is 1. The molecule has 1 unspecified atom stereocenters. The lowest BCUT2D eigenvalue weighted by Gasteiger charge is -2.07. The van der Waals surface area contributed by atoms with Gasteiger partial charge in [-0.2, -0.15) is 0 Å². The summed E-state index contributed by atoms with van der Waals surface area (Å²) in [4.78, 5) is 14.6. The van der Waals surface area contributed by atoms with Crippen LogP contribution in [-0.4, -0.2) is 28.3 Å². The van der Waals surface area contributed by atoms with Crippen LogP contribution in [0.3, 0.4) is 0 Å². The van der Waals surface area contributed by atoms with Gasteiger partial charge in [0, 0.05) is 17.8 Å². The van der Waals surface area contributed by atoms with Crippen molar-refractivity contribution in [3.8, 4) is 5.88 Å². The van der Waals surface area contributed by atoms with Gasteiger partial charge in [0.05, 0.1) is 7.11 Å². The van der Waals surface area contributed by atoms with E-state index in [1.807, 2.05) is 0 Å². The highest BCUT2D eigenvalue weighted by molar-refractivity contribution is 5.84. The average molecular weight is 249 g/mol. The number of hydrogen-bond acceptors (Lipinski definition) is 5. The molecule has 0 aromatic carbocycles. The summed E-state index contributed by atoms with van der Waals surface area (Å²) in [5.41, 5.74) is 0.488. The van der Waals surface area contributed by atoms with E-state index in [0.717, 1.165) is 0 Å². The topological polar surface area (TPSA) is 92.8 Å². The number of hydrogen-bond donors (Lipinski definition) is 2. The minimum atomic E-state index is -1.18. The fraction of sp³-hybridized carbons (Fsp3) is 0.167. The number of carboxylic acid groups (broad SMARTS) is 1. The smallest absolute Gasteiger partial charge is 0.371 e. The van der Waals surface area contributed by atoms with Crippen LogP contribution >= 0.6 is 0 Å². The monoisotopic (exact) mass is 249 g/mol. The molecule has 0 spiro atoms. The molecule has 0 aliphatic heterocycles. The van der Waals surface area contributed by atoms with Crippen LogP contribution in [0.5, 0.6) is 5.88 Å². The van der Waals surface area contributed by atoms with Crippen LogP contribution < -0.4 is 4.74 Å². The Bertz CT molecular complexity index is 546. The van der Waals surface area contributed by atoms with E-state index < -0.39 is 12.1 Å². The summed E-state index contributed by atoms with van der Waals surface area (Å²) < 4.78 is 9.91. The Hall–Kier alpha value is -2.34. The zero-order valence-electron chi connectivity index (χ0n) is 9.53. The fourth-order valence-corrected chi connectivity index (χ4v) is 1.45. The number of furan rings is 1. The van der Waals surface area contributed by atoms with Crippen LogP contribution in [0, 0.1) is 0 Å². The van der Waals surface area contributed by atoms with E-state index in [-0.39, 0.29) is 11.5 Å². The van der Waals surface area contributed by atoms with Crippen molar-refractivity contribution in [3.63, 3.8) is 0 Å². The third-order valence-corrected chi connectivity index (χ3v) is 2.39. The number of aliphatic hydroxyl groups is 1. The summed E-state index contributed by atoms with van der Waals surface area (Å²) in [6, 6.07) is 5.93. The molecule has 2 rings (SSSR count). The van der Waals surface area contributed by atoms with Crippen LogP contribution in [-0.2, 0) is 0 Å². The first kappa shape index (κ1) is 12.1. The van der Waals surface area contributed by atoms with E-state index in [1.165, 1.54) is 25.4 Å². The van der Waals surface area contributed by atoms with Gasteiger partial charge >= 0.3 is 5.97 Å². The Morgan fingerprint density at radius 3 is 2.67 bits per heavy atom. The maximum absolute atomic E-state index is 10.7. The fourth-order valence-electron chi connectivity index (χ4n) is 1.45. The maximum Gasteiger partial charge on any atom is 0.371 e. The van der Waals surface area contributed by atoms with Crippen molar-refractivity contribution in [2.45, 2.75) is 6.10 Å². The molecule has 0 radical (unpaired) electrons. The van der Waals surface area contributed by atoms with Crippen molar-refractivity contribution in [1.29, 1.82) is 0 Å². The van der Waals surface area contributed by atoms with Crippen LogP contribution in [0.25, 0.3) is 0 Å². The van der Waals surface area contributed by atoms with Crippen LogP contribution in [0.1, 0.15) is 28.0 Å². The van der Waals surface area contributed by atoms with E-state index in [2.05, 4.69) is 4.98 Å². The highest BCUT2D eigenvalue weighted by Gasteiger charge is 2.17. The number of rotatable bonds is 4. The van der Waals surface area contributed by atoms with Crippen LogP contribution in [0.2, 0.25) is 0 Å². The van der Waals surface area contributed by atoms with E-state index in [4.69, 9.17) is 14.3 Å². The highest BCUT2D eigenvalue weighted by atomic mass is 16.5. The van der Waals surface area contributed by atoms with Crippen molar-refractivity contribution in [3.05, 3.63) is 47.5 Å². The highest BCUT2D eigenvalue weighted by Crippen LogP contribution is 2.24. The van der Waals surface area contributed by atoms with Gasteiger partial charge in [-0.05, 0) is 18.2 Å². The molecule has 0 fully saturated rings. The summed E-state index contributed by atoms with van der Waals surface area (Å²) in [5, 5.41) is 18.7. The summed E-state index contributed by atoms with van der Waals surface area (Å²) in [5.74, 6) is -0.817. The Morgan fingerprint density at radius 1 is 1.39 bits per heavy atom. The molecular formula is C12H11NO5. The number of nitrogens with zero attached hydrogens (tertiary/aromatic N) is 1. The Morgan fingerprint density at radius 2 is 2.17 bits per heavy atom. The predicted octanol–water partition coefficient (Wildman–Crippen LogP) is 1.46. The molecule has 94 valence electrons. The maximum atomic E-state index is 10.7. The van der Waals surface area contributed by atoms with Crippen molar-refractivity contribution in [2.75, 3.05) is 7.11 Å². The third kappa shape index (κ3) is 2.33. The molecule has 6 heteroatoms. The second-order valence-electron chi connectivity index (χ2n) is 3.54. The summed E-state index contributed by atoms with van der Waals surface area (Å²) in [6.07, 6.45) is 0.378. The van der Waals surface area contributed by atoms with Crippen molar-refractivity contribution < 1.29 is 24.2 Å². The van der Waals surface area contributed by atoms with Gasteiger partial charge in [0.1, 0.15) is 11.9 Å². The minimum absolute atomic E-state index is 0.152. The Labute approximate surface area is 102 Å². The van der Waals surface area contributed by atoms with Crippen LogP contribution in [0.15, 0.2) is 34.9 Å². The zero-order chi connectivity index (χ0) is 13.1. The second kappa shape index (κ2) is 4.89. The summed E-state index contributed by atoms with van der Waals surface area (Å²) >= 11 is 0. The lowest BCUT2D eigenvalue weighted by Crippen LogP contribution is -2.00. The van der Waals surface area contributed by atoms with E-state index >= 15 is 0 Å². The molecule has 18 heavy (non-hydrogen) atoms. The Kier molecular flexibility index (Phi) is 3.29. The number of carboxylic acids is 1. The quantitative estimate of drug-likeness (QED) is 0.852. The molecule has 2 heterocycles. The molecule has 2 aromatic rings. The Balaban J connectivity index is 2.23. The van der Waals surface area contributed by atoms with Gasteiger partial charge in [-0.3, -0.25) is 0 Å². The van der Waals surface area contributed by atoms with Gasteiger partial charge < -0.3 is 19.4 Å². The first-order valence-corrected chi connectivity index (χ1v) is 5.13. The minimum Gasteiger partial charge on any atom is -0.481 e. The largest absolute Gasteiger partial charge is 0.481 e. The molecule has 0 aliphatic carbocycles. The number of aromatic nitrogens is 1. The van der Waals surface area contributed by atoms with E-state index in [1.54, 1.807) is 12.1 Å². The summed E-state index contributed by atoms with van der Waals surface area (Å²) in [6.45, 7) is 0. The van der Waals surface area contributed by atoms with Crippen molar-refractivity contribution >= 4 is 5.97 Å². The zero-order valence-corrected chi connectivity index (χ0v) is 9.53. The normalized spacial score (nSPS) is 12.1. The van der Waals surface area contributed by atoms with Crippen LogP contribution in [0.4, 0.5) is 0 Å². The number of ether oxygens (including phenoxy) is 1. The molecule has 0 saturated carbocycles. The average Bonchev–Trinajstić information content (AvgIpc) is 2.88. The van der Waals surface area contributed by atoms with Crippen molar-refractivity contribution in [1.82, 2.24) is 4.98 Å². The lowest BCUT2D eigenvalue weighted by molar-refractivity contribution is 0.0655. The van der Waals surface area contributed by atoms with Gasteiger partial charge in [-0.1, -0.05) is 0 Å². The second-order valence-corrected chi connectivity index (χ2v) is 3.54. The molecule has 2 aromatic heterocycles. The van der Waals surface area contributed by atoms with Gasteiger partial charge in [0.25, 0.3) is 0 Å². The molecule has 0 saturated heterocycles. The number of methoxy groups -OCH3 is 1. The van der Waals surface area contributed by atoms with Gasteiger partial charge in [-0.15, -0.1) is 0 Å². The van der Waals surface area contributed by atoms with Crippen molar-refractivity contribution in [2.24, 2.45) is 0 Å². The number of aliphatic hydroxyl groups excluding tert-OH is 1. The first-order chi connectivity index (χ1) is 8.61. The molecular weight excluding hydrogens is 238 g/mol. The SMILES string of the molecule is COc1ccc(C(O)c2ccc(C(=O)O)o2)cn1. The molecule has 1 atom stereocenters. The first-order valence-electron chi connectivity index (χ1n) is 5.13. The van der Waals surface area contributed by atoms with E-state index in [9.17, 15) is 9.90 Å².